The highest BCUT2D eigenvalue weighted by Crippen LogP contribution is 2.35. The quantitative estimate of drug-likeness (QED) is 0.410. The smallest absolute Gasteiger partial charge is 0.341 e. The summed E-state index contributed by atoms with van der Waals surface area (Å²) < 4.78 is 10.7. The van der Waals surface area contributed by atoms with Crippen molar-refractivity contribution >= 4 is 57.3 Å². The summed E-state index contributed by atoms with van der Waals surface area (Å²) in [7, 11) is 0. The minimum Gasteiger partial charge on any atom is -0.490 e. The Labute approximate surface area is 210 Å². The van der Waals surface area contributed by atoms with Gasteiger partial charge in [-0.15, -0.1) is 0 Å². The van der Waals surface area contributed by atoms with E-state index in [1.165, 1.54) is 12.1 Å². The number of carboxylic acid groups (broad SMARTS) is 1. The number of aliphatic carboxylic acids is 1. The third kappa shape index (κ3) is 5.66. The van der Waals surface area contributed by atoms with Gasteiger partial charge in [0.1, 0.15) is 6.54 Å². The first-order valence-electron chi connectivity index (χ1n) is 11.0. The van der Waals surface area contributed by atoms with E-state index in [1.807, 2.05) is 36.4 Å². The van der Waals surface area contributed by atoms with Gasteiger partial charge in [-0.2, -0.15) is 0 Å². The van der Waals surface area contributed by atoms with Gasteiger partial charge in [-0.3, -0.25) is 19.3 Å². The Hall–Kier alpha value is -4.31. The second kappa shape index (κ2) is 11.0. The third-order valence-electron chi connectivity index (χ3n) is 5.16. The number of carboxylic acids is 1. The fourth-order valence-corrected chi connectivity index (χ4v) is 4.44. The molecule has 0 saturated carbocycles. The summed E-state index contributed by atoms with van der Waals surface area (Å²) in [5.41, 5.74) is 1.14. The summed E-state index contributed by atoms with van der Waals surface area (Å²) in [5.74, 6) is -1.65. The number of ether oxygens (including phenoxy) is 2. The molecule has 3 aromatic rings. The number of imide groups is 1. The molecule has 0 radical (unpaired) electrons. The van der Waals surface area contributed by atoms with Crippen LogP contribution in [-0.4, -0.2) is 52.8 Å². The molecule has 0 spiro atoms. The molecule has 184 valence electrons. The molecule has 1 heterocycles. The predicted molar refractivity (Wildman–Crippen MR) is 136 cm³/mol. The van der Waals surface area contributed by atoms with Crippen LogP contribution in [0.15, 0.2) is 65.6 Å². The average Bonchev–Trinajstić information content (AvgIpc) is 3.11. The zero-order valence-corrected chi connectivity index (χ0v) is 20.0. The number of rotatable bonds is 9. The number of amides is 3. The molecule has 9 nitrogen and oxygen atoms in total. The maximum Gasteiger partial charge on any atom is 0.341 e. The monoisotopic (exact) mass is 506 g/mol. The molecule has 0 aromatic heterocycles. The lowest BCUT2D eigenvalue weighted by Gasteiger charge is -2.13. The number of hydrogen-bond donors (Lipinski definition) is 2. The summed E-state index contributed by atoms with van der Waals surface area (Å²) in [5, 5.41) is 12.9. The molecule has 4 rings (SSSR count). The number of nitrogens with zero attached hydrogens (tertiary/aromatic N) is 1. The van der Waals surface area contributed by atoms with Crippen molar-refractivity contribution in [2.45, 2.75) is 6.92 Å². The van der Waals surface area contributed by atoms with E-state index in [9.17, 15) is 19.2 Å². The van der Waals surface area contributed by atoms with Crippen molar-refractivity contribution in [3.8, 4) is 11.5 Å². The lowest BCUT2D eigenvalue weighted by atomic mass is 10.1. The predicted octanol–water partition coefficient (Wildman–Crippen LogP) is 4.38. The largest absolute Gasteiger partial charge is 0.490 e. The number of carbonyl (C=O) groups excluding carboxylic acids is 3. The van der Waals surface area contributed by atoms with Crippen LogP contribution in [-0.2, 0) is 14.4 Å². The molecule has 1 fully saturated rings. The maximum atomic E-state index is 12.9. The molecule has 1 aliphatic rings. The minimum absolute atomic E-state index is 0.152. The third-order valence-corrected chi connectivity index (χ3v) is 6.06. The van der Waals surface area contributed by atoms with Crippen molar-refractivity contribution < 1.29 is 33.8 Å². The van der Waals surface area contributed by atoms with Crippen molar-refractivity contribution in [2.75, 3.05) is 25.1 Å². The second-order valence-electron chi connectivity index (χ2n) is 7.66. The van der Waals surface area contributed by atoms with Crippen molar-refractivity contribution in [2.24, 2.45) is 0 Å². The topological polar surface area (TPSA) is 122 Å². The number of nitrogens with one attached hydrogen (secondary N) is 1. The molecule has 1 aliphatic heterocycles. The molecule has 1 saturated heterocycles. The molecule has 0 bridgehead atoms. The van der Waals surface area contributed by atoms with E-state index in [0.29, 0.717) is 23.6 Å². The summed E-state index contributed by atoms with van der Waals surface area (Å²) in [4.78, 5) is 49.9. The van der Waals surface area contributed by atoms with Crippen LogP contribution in [0.1, 0.15) is 12.5 Å². The lowest BCUT2D eigenvalue weighted by molar-refractivity contribution is -0.139. The van der Waals surface area contributed by atoms with Crippen molar-refractivity contribution in [1.82, 2.24) is 4.90 Å². The Balaban J connectivity index is 1.48. The van der Waals surface area contributed by atoms with Crippen LogP contribution in [0.25, 0.3) is 16.8 Å². The highest BCUT2D eigenvalue weighted by molar-refractivity contribution is 8.18. The van der Waals surface area contributed by atoms with Gasteiger partial charge in [0, 0.05) is 11.1 Å². The van der Waals surface area contributed by atoms with E-state index in [1.54, 1.807) is 25.1 Å². The first-order chi connectivity index (χ1) is 17.4. The molecule has 0 aliphatic carbocycles. The minimum atomic E-state index is -1.13. The van der Waals surface area contributed by atoms with Crippen LogP contribution in [0, 0.1) is 0 Å². The van der Waals surface area contributed by atoms with Crippen molar-refractivity contribution in [3.63, 3.8) is 0 Å². The van der Waals surface area contributed by atoms with Gasteiger partial charge in [0.15, 0.2) is 18.1 Å². The summed E-state index contributed by atoms with van der Waals surface area (Å²) >= 11 is 0.734. The van der Waals surface area contributed by atoms with E-state index in [4.69, 9.17) is 14.6 Å². The summed E-state index contributed by atoms with van der Waals surface area (Å²) in [6, 6.07) is 17.8. The molecule has 2 N–H and O–H groups in total. The molecular weight excluding hydrogens is 484 g/mol. The van der Waals surface area contributed by atoms with Gasteiger partial charge in [0.2, 0.25) is 5.91 Å². The lowest BCUT2D eigenvalue weighted by Crippen LogP contribution is -2.36. The molecule has 3 aromatic carbocycles. The first-order valence-corrected chi connectivity index (χ1v) is 11.8. The van der Waals surface area contributed by atoms with E-state index in [-0.39, 0.29) is 10.7 Å². The Bertz CT molecular complexity index is 1380. The van der Waals surface area contributed by atoms with E-state index in [2.05, 4.69) is 5.32 Å². The van der Waals surface area contributed by atoms with Crippen LogP contribution in [0.2, 0.25) is 0 Å². The van der Waals surface area contributed by atoms with E-state index >= 15 is 0 Å². The van der Waals surface area contributed by atoms with Crippen LogP contribution in [0.3, 0.4) is 0 Å². The number of fused-ring (bicyclic) bond motifs is 1. The number of benzene rings is 3. The maximum absolute atomic E-state index is 12.9. The Kier molecular flexibility index (Phi) is 7.55. The number of hydrogen-bond acceptors (Lipinski definition) is 7. The van der Waals surface area contributed by atoms with Gasteiger partial charge >= 0.3 is 5.97 Å². The number of carbonyl (C=O) groups is 4. The van der Waals surface area contributed by atoms with Crippen LogP contribution in [0.4, 0.5) is 10.5 Å². The SMILES string of the molecule is CCOc1cc(/C=C2/SC(=O)N(CC(=O)Nc3cccc4ccccc34)C2=O)ccc1OCC(=O)O. The molecule has 36 heavy (non-hydrogen) atoms. The van der Waals surface area contributed by atoms with Crippen LogP contribution < -0.4 is 14.8 Å². The summed E-state index contributed by atoms with van der Waals surface area (Å²) in [6.07, 6.45) is 1.51. The normalized spacial score (nSPS) is 14.4. The highest BCUT2D eigenvalue weighted by atomic mass is 32.2. The second-order valence-corrected chi connectivity index (χ2v) is 8.66. The van der Waals surface area contributed by atoms with Gasteiger partial charge < -0.3 is 19.9 Å². The molecular formula is C26H22N2O7S. The highest BCUT2D eigenvalue weighted by Gasteiger charge is 2.36. The van der Waals surface area contributed by atoms with Crippen LogP contribution in [0.5, 0.6) is 11.5 Å². The molecule has 0 unspecified atom stereocenters. The zero-order chi connectivity index (χ0) is 25.7. The standard InChI is InChI=1S/C26H22N2O7S/c1-2-34-21-12-16(10-11-20(21)35-15-24(30)31)13-22-25(32)28(26(33)36-22)14-23(29)27-19-9-5-7-17-6-3-4-8-18(17)19/h3-13H,2,14-15H2,1H3,(H,27,29)(H,30,31)/b22-13+. The van der Waals surface area contributed by atoms with Crippen LogP contribution >= 0.6 is 11.8 Å². The Morgan fingerprint density at radius 1 is 1.03 bits per heavy atom. The van der Waals surface area contributed by atoms with Crippen molar-refractivity contribution in [3.05, 3.63) is 71.1 Å². The fraction of sp³-hybridized carbons (Fsp3) is 0.154. The number of thioether (sulfide) groups is 1. The van der Waals surface area contributed by atoms with Gasteiger partial charge in [-0.1, -0.05) is 42.5 Å². The molecule has 3 amide bonds. The first kappa shape index (κ1) is 24.8. The zero-order valence-electron chi connectivity index (χ0n) is 19.2. The van der Waals surface area contributed by atoms with Gasteiger partial charge in [-0.05, 0) is 53.9 Å². The van der Waals surface area contributed by atoms with Crippen molar-refractivity contribution in [1.29, 1.82) is 0 Å². The van der Waals surface area contributed by atoms with Gasteiger partial charge in [0.05, 0.1) is 11.5 Å². The number of anilines is 1. The Morgan fingerprint density at radius 2 is 1.81 bits per heavy atom. The summed E-state index contributed by atoms with van der Waals surface area (Å²) in [6.45, 7) is 1.13. The van der Waals surface area contributed by atoms with E-state index < -0.39 is 36.2 Å². The molecule has 10 heteroatoms. The van der Waals surface area contributed by atoms with Gasteiger partial charge in [0.25, 0.3) is 11.1 Å². The average molecular weight is 507 g/mol. The van der Waals surface area contributed by atoms with Gasteiger partial charge in [-0.25, -0.2) is 4.79 Å². The van der Waals surface area contributed by atoms with E-state index in [0.717, 1.165) is 27.4 Å². The molecule has 0 atom stereocenters. The fourth-order valence-electron chi connectivity index (χ4n) is 3.60. The Morgan fingerprint density at radius 3 is 2.58 bits per heavy atom.